The van der Waals surface area contributed by atoms with Gasteiger partial charge in [0.25, 0.3) is 0 Å². The smallest absolute Gasteiger partial charge is 0.152 e. The van der Waals surface area contributed by atoms with Crippen LogP contribution in [0.25, 0.3) is 10.2 Å². The first-order valence-electron chi connectivity index (χ1n) is 6.28. The number of benzene rings is 1. The molecule has 0 saturated heterocycles. The fraction of sp³-hybridized carbons (Fsp3) is 0.143. The fourth-order valence-electron chi connectivity index (χ4n) is 1.91. The standard InChI is InChI=1S/C14H14N4OS2/c1-19-9-3-2-4-10(7-9)21-8-12-16-13(18-15)11-5-6-20-14(11)17-12/h2-7H,8,15H2,1H3,(H,16,17,18). The second kappa shape index (κ2) is 6.30. The molecule has 0 aliphatic heterocycles. The highest BCUT2D eigenvalue weighted by molar-refractivity contribution is 7.98. The van der Waals surface area contributed by atoms with Gasteiger partial charge in [0.2, 0.25) is 0 Å². The van der Waals surface area contributed by atoms with Crippen molar-refractivity contribution in [2.24, 2.45) is 5.84 Å². The number of thiophene rings is 1. The van der Waals surface area contributed by atoms with Gasteiger partial charge in [0.15, 0.2) is 5.82 Å². The molecule has 0 fully saturated rings. The number of hydrogen-bond donors (Lipinski definition) is 2. The van der Waals surface area contributed by atoms with Crippen LogP contribution in [0.3, 0.4) is 0 Å². The van der Waals surface area contributed by atoms with Gasteiger partial charge < -0.3 is 10.2 Å². The Balaban J connectivity index is 1.81. The molecule has 0 radical (unpaired) electrons. The zero-order valence-corrected chi connectivity index (χ0v) is 13.0. The molecule has 5 nitrogen and oxygen atoms in total. The van der Waals surface area contributed by atoms with Crippen LogP contribution in [0.5, 0.6) is 5.75 Å². The molecule has 0 spiro atoms. The Morgan fingerprint density at radius 3 is 3.05 bits per heavy atom. The van der Waals surface area contributed by atoms with E-state index in [-0.39, 0.29) is 0 Å². The highest BCUT2D eigenvalue weighted by atomic mass is 32.2. The SMILES string of the molecule is COc1cccc(SCc2nc(NN)c3ccsc3n2)c1. The van der Waals surface area contributed by atoms with Gasteiger partial charge in [0, 0.05) is 4.90 Å². The second-order valence-electron chi connectivity index (χ2n) is 4.24. The third kappa shape index (κ3) is 3.10. The van der Waals surface area contributed by atoms with E-state index in [9.17, 15) is 0 Å². The summed E-state index contributed by atoms with van der Waals surface area (Å²) in [5, 5.41) is 2.94. The molecule has 0 amide bonds. The van der Waals surface area contributed by atoms with E-state index in [0.717, 1.165) is 26.7 Å². The maximum atomic E-state index is 5.53. The van der Waals surface area contributed by atoms with E-state index >= 15 is 0 Å². The second-order valence-corrected chi connectivity index (χ2v) is 6.18. The molecule has 0 aliphatic rings. The van der Waals surface area contributed by atoms with E-state index in [1.54, 1.807) is 30.2 Å². The maximum absolute atomic E-state index is 5.53. The van der Waals surface area contributed by atoms with Crippen LogP contribution >= 0.6 is 23.1 Å². The van der Waals surface area contributed by atoms with E-state index in [1.165, 1.54) is 0 Å². The van der Waals surface area contributed by atoms with Gasteiger partial charge in [-0.05, 0) is 29.6 Å². The van der Waals surface area contributed by atoms with E-state index in [1.807, 2.05) is 35.7 Å². The minimum Gasteiger partial charge on any atom is -0.497 e. The van der Waals surface area contributed by atoms with Crippen molar-refractivity contribution < 1.29 is 4.74 Å². The minimum atomic E-state index is 0.669. The Kier molecular flexibility index (Phi) is 4.23. The number of anilines is 1. The maximum Gasteiger partial charge on any atom is 0.152 e. The summed E-state index contributed by atoms with van der Waals surface area (Å²) in [6.07, 6.45) is 0. The van der Waals surface area contributed by atoms with Crippen LogP contribution in [0.2, 0.25) is 0 Å². The molecule has 0 aliphatic carbocycles. The van der Waals surface area contributed by atoms with Crippen LogP contribution in [0.4, 0.5) is 5.82 Å². The number of ether oxygens (including phenoxy) is 1. The number of thioether (sulfide) groups is 1. The summed E-state index contributed by atoms with van der Waals surface area (Å²) in [6, 6.07) is 9.90. The van der Waals surface area contributed by atoms with Crippen molar-refractivity contribution in [1.82, 2.24) is 9.97 Å². The van der Waals surface area contributed by atoms with Gasteiger partial charge in [-0.25, -0.2) is 15.8 Å². The Morgan fingerprint density at radius 1 is 1.33 bits per heavy atom. The average molecular weight is 318 g/mol. The molecule has 7 heteroatoms. The van der Waals surface area contributed by atoms with Crippen LogP contribution in [0, 0.1) is 0 Å². The molecule has 3 rings (SSSR count). The van der Waals surface area contributed by atoms with Crippen LogP contribution in [-0.4, -0.2) is 17.1 Å². The molecule has 21 heavy (non-hydrogen) atoms. The lowest BCUT2D eigenvalue weighted by Gasteiger charge is -2.06. The Morgan fingerprint density at radius 2 is 2.24 bits per heavy atom. The summed E-state index contributed by atoms with van der Waals surface area (Å²) in [5.41, 5.74) is 2.64. The third-order valence-corrected chi connectivity index (χ3v) is 4.71. The van der Waals surface area contributed by atoms with Crippen molar-refractivity contribution in [2.75, 3.05) is 12.5 Å². The summed E-state index contributed by atoms with van der Waals surface area (Å²) in [5.74, 6) is 8.48. The molecule has 108 valence electrons. The average Bonchev–Trinajstić information content (AvgIpc) is 3.00. The molecule has 0 bridgehead atoms. The number of hydrogen-bond acceptors (Lipinski definition) is 7. The monoisotopic (exact) mass is 318 g/mol. The summed E-state index contributed by atoms with van der Waals surface area (Å²) in [4.78, 5) is 11.1. The van der Waals surface area contributed by atoms with Gasteiger partial charge in [0.1, 0.15) is 16.4 Å². The van der Waals surface area contributed by atoms with Gasteiger partial charge in [-0.1, -0.05) is 6.07 Å². The number of nitrogen functional groups attached to an aromatic ring is 1. The van der Waals surface area contributed by atoms with Crippen LogP contribution in [0.15, 0.2) is 40.6 Å². The van der Waals surface area contributed by atoms with Crippen molar-refractivity contribution >= 4 is 39.1 Å². The van der Waals surface area contributed by atoms with Gasteiger partial charge in [-0.15, -0.1) is 23.1 Å². The summed E-state index contributed by atoms with van der Waals surface area (Å²) in [6.45, 7) is 0. The number of methoxy groups -OCH3 is 1. The Bertz CT molecular complexity index is 760. The first kappa shape index (κ1) is 14.1. The van der Waals surface area contributed by atoms with Gasteiger partial charge in [-0.2, -0.15) is 0 Å². The normalized spacial score (nSPS) is 10.8. The first-order chi connectivity index (χ1) is 10.3. The highest BCUT2D eigenvalue weighted by Crippen LogP contribution is 2.28. The molecule has 2 aromatic heterocycles. The molecule has 3 N–H and O–H groups in total. The molecule has 0 saturated carbocycles. The van der Waals surface area contributed by atoms with Crippen molar-refractivity contribution in [2.45, 2.75) is 10.6 Å². The summed E-state index contributed by atoms with van der Waals surface area (Å²) in [7, 11) is 1.66. The topological polar surface area (TPSA) is 73.1 Å². The van der Waals surface area contributed by atoms with E-state index in [0.29, 0.717) is 11.6 Å². The van der Waals surface area contributed by atoms with Crippen molar-refractivity contribution in [3.8, 4) is 5.75 Å². The van der Waals surface area contributed by atoms with E-state index in [2.05, 4.69) is 15.4 Å². The largest absolute Gasteiger partial charge is 0.497 e. The van der Waals surface area contributed by atoms with Gasteiger partial charge in [0.05, 0.1) is 18.2 Å². The van der Waals surface area contributed by atoms with Crippen LogP contribution in [0.1, 0.15) is 5.82 Å². The summed E-state index contributed by atoms with van der Waals surface area (Å²) >= 11 is 3.25. The van der Waals surface area contributed by atoms with E-state index in [4.69, 9.17) is 10.6 Å². The van der Waals surface area contributed by atoms with Crippen molar-refractivity contribution in [1.29, 1.82) is 0 Å². The molecule has 0 atom stereocenters. The highest BCUT2D eigenvalue weighted by Gasteiger charge is 2.08. The van der Waals surface area contributed by atoms with Crippen LogP contribution < -0.4 is 16.0 Å². The van der Waals surface area contributed by atoms with E-state index < -0.39 is 0 Å². The van der Waals surface area contributed by atoms with Gasteiger partial charge in [-0.3, -0.25) is 0 Å². The quantitative estimate of drug-likeness (QED) is 0.427. The van der Waals surface area contributed by atoms with Gasteiger partial charge >= 0.3 is 0 Å². The number of rotatable bonds is 5. The fourth-order valence-corrected chi connectivity index (χ4v) is 3.49. The van der Waals surface area contributed by atoms with Crippen LogP contribution in [-0.2, 0) is 5.75 Å². The summed E-state index contributed by atoms with van der Waals surface area (Å²) < 4.78 is 5.22. The lowest BCUT2D eigenvalue weighted by molar-refractivity contribution is 0.413. The predicted octanol–water partition coefficient (Wildman–Crippen LogP) is 3.28. The molecule has 1 aromatic carbocycles. The Hall–Kier alpha value is -1.83. The number of hydrazine groups is 1. The van der Waals surface area contributed by atoms with Crippen molar-refractivity contribution in [3.05, 3.63) is 41.5 Å². The zero-order chi connectivity index (χ0) is 14.7. The third-order valence-electron chi connectivity index (χ3n) is 2.92. The van der Waals surface area contributed by atoms with Crippen molar-refractivity contribution in [3.63, 3.8) is 0 Å². The molecule has 3 aromatic rings. The molecular weight excluding hydrogens is 304 g/mol. The molecule has 0 unspecified atom stereocenters. The molecule has 2 heterocycles. The first-order valence-corrected chi connectivity index (χ1v) is 8.14. The Labute approximate surface area is 130 Å². The number of fused-ring (bicyclic) bond motifs is 1. The lowest BCUT2D eigenvalue weighted by Crippen LogP contribution is -2.10. The number of nitrogens with one attached hydrogen (secondary N) is 1. The molecular formula is C14H14N4OS2. The predicted molar refractivity (Wildman–Crippen MR) is 87.8 cm³/mol. The number of aromatic nitrogens is 2. The minimum absolute atomic E-state index is 0.669. The lowest BCUT2D eigenvalue weighted by atomic mass is 10.3. The number of nitrogens with two attached hydrogens (primary N) is 1. The zero-order valence-electron chi connectivity index (χ0n) is 11.4. The number of nitrogens with zero attached hydrogens (tertiary/aromatic N) is 2.